The Morgan fingerprint density at radius 1 is 1.45 bits per heavy atom. The van der Waals surface area contributed by atoms with Crippen LogP contribution in [0.5, 0.6) is 0 Å². The maximum absolute atomic E-state index is 5.21. The average molecular weight is 165 g/mol. The molecule has 0 saturated heterocycles. The topological polar surface area (TPSA) is 28.9 Å². The zero-order chi connectivity index (χ0) is 7.84. The van der Waals surface area contributed by atoms with Crippen molar-refractivity contribution in [2.24, 2.45) is 0 Å². The summed E-state index contributed by atoms with van der Waals surface area (Å²) < 4.78 is 5.21. The first kappa shape index (κ1) is 6.61. The van der Waals surface area contributed by atoms with Crippen molar-refractivity contribution in [2.75, 3.05) is 0 Å². The van der Waals surface area contributed by atoms with E-state index in [1.165, 1.54) is 5.56 Å². The van der Waals surface area contributed by atoms with E-state index < -0.39 is 0 Å². The van der Waals surface area contributed by atoms with E-state index in [0.29, 0.717) is 4.84 Å². The summed E-state index contributed by atoms with van der Waals surface area (Å²) in [5, 5.41) is 0. The normalized spacial score (nSPS) is 10.6. The lowest BCUT2D eigenvalue weighted by atomic mass is 10.2. The van der Waals surface area contributed by atoms with Crippen LogP contribution in [0, 0.1) is 11.8 Å². The van der Waals surface area contributed by atoms with Crippen LogP contribution in [0.3, 0.4) is 0 Å². The van der Waals surface area contributed by atoms with Crippen molar-refractivity contribution in [2.45, 2.75) is 6.92 Å². The highest BCUT2D eigenvalue weighted by Crippen LogP contribution is 2.14. The molecule has 3 heteroatoms. The van der Waals surface area contributed by atoms with Crippen LogP contribution in [-0.4, -0.2) is 4.98 Å². The van der Waals surface area contributed by atoms with Crippen LogP contribution in [0.4, 0.5) is 0 Å². The van der Waals surface area contributed by atoms with E-state index in [1.807, 2.05) is 25.1 Å². The van der Waals surface area contributed by atoms with E-state index in [1.54, 1.807) is 0 Å². The second kappa shape index (κ2) is 2.20. The van der Waals surface area contributed by atoms with Crippen LogP contribution in [0.2, 0.25) is 0 Å². The van der Waals surface area contributed by atoms with E-state index in [-0.39, 0.29) is 0 Å². The lowest BCUT2D eigenvalue weighted by molar-refractivity contribution is 0.583. The molecule has 0 spiro atoms. The molecule has 1 N–H and O–H groups in total. The molecule has 0 fully saturated rings. The van der Waals surface area contributed by atoms with Gasteiger partial charge in [-0.1, -0.05) is 6.07 Å². The van der Waals surface area contributed by atoms with Crippen LogP contribution in [0.25, 0.3) is 11.1 Å². The van der Waals surface area contributed by atoms with Crippen molar-refractivity contribution in [1.29, 1.82) is 0 Å². The second-order valence-corrected chi connectivity index (χ2v) is 2.88. The summed E-state index contributed by atoms with van der Waals surface area (Å²) in [5.41, 5.74) is 2.96. The number of oxazole rings is 1. The summed E-state index contributed by atoms with van der Waals surface area (Å²) in [7, 11) is 0. The number of aromatic nitrogens is 1. The standard InChI is InChI=1S/C8H7NOS/c1-5-2-3-6-7(4-5)10-8(11)9-6/h2-4H,1H3,(H,9,11). The third-order valence-corrected chi connectivity index (χ3v) is 1.76. The van der Waals surface area contributed by atoms with Crippen molar-refractivity contribution in [3.63, 3.8) is 0 Å². The Labute approximate surface area is 68.9 Å². The largest absolute Gasteiger partial charge is 0.429 e. The molecule has 0 aliphatic heterocycles. The number of H-pyrrole nitrogens is 1. The first-order chi connectivity index (χ1) is 5.25. The molecule has 0 amide bonds. The molecule has 2 aromatic rings. The summed E-state index contributed by atoms with van der Waals surface area (Å²) in [5.74, 6) is 0. The molecule has 0 aliphatic rings. The maximum Gasteiger partial charge on any atom is 0.266 e. The first-order valence-corrected chi connectivity index (χ1v) is 3.76. The van der Waals surface area contributed by atoms with Crippen LogP contribution in [0.15, 0.2) is 22.6 Å². The highest BCUT2D eigenvalue weighted by molar-refractivity contribution is 7.71. The molecule has 1 heterocycles. The summed E-state index contributed by atoms with van der Waals surface area (Å²) in [6.07, 6.45) is 0. The second-order valence-electron chi connectivity index (χ2n) is 2.51. The van der Waals surface area contributed by atoms with Gasteiger partial charge in [-0.25, -0.2) is 0 Å². The molecule has 0 saturated carbocycles. The number of benzene rings is 1. The van der Waals surface area contributed by atoms with E-state index in [0.717, 1.165) is 11.1 Å². The summed E-state index contributed by atoms with van der Waals surface area (Å²) in [6, 6.07) is 5.94. The van der Waals surface area contributed by atoms with Crippen molar-refractivity contribution in [1.82, 2.24) is 4.98 Å². The molecule has 0 aliphatic carbocycles. The fraction of sp³-hybridized carbons (Fsp3) is 0.125. The molecule has 0 radical (unpaired) electrons. The maximum atomic E-state index is 5.21. The summed E-state index contributed by atoms with van der Waals surface area (Å²) in [4.78, 5) is 3.37. The Hall–Kier alpha value is -1.09. The number of hydrogen-bond donors (Lipinski definition) is 1. The number of aryl methyl sites for hydroxylation is 1. The molecule has 11 heavy (non-hydrogen) atoms. The van der Waals surface area contributed by atoms with Crippen molar-refractivity contribution >= 4 is 23.3 Å². The average Bonchev–Trinajstić information content (AvgIpc) is 2.27. The molecule has 2 nitrogen and oxygen atoms in total. The van der Waals surface area contributed by atoms with E-state index in [2.05, 4.69) is 4.98 Å². The van der Waals surface area contributed by atoms with E-state index >= 15 is 0 Å². The molecule has 0 atom stereocenters. The smallest absolute Gasteiger partial charge is 0.266 e. The number of nitrogens with one attached hydrogen (secondary N) is 1. The van der Waals surface area contributed by atoms with Gasteiger partial charge in [0.25, 0.3) is 4.84 Å². The SMILES string of the molecule is Cc1ccc2[nH]c(=S)oc2c1. The summed E-state index contributed by atoms with van der Waals surface area (Å²) >= 11 is 4.83. The number of hydrogen-bond acceptors (Lipinski definition) is 2. The van der Waals surface area contributed by atoms with Gasteiger partial charge in [0.15, 0.2) is 5.58 Å². The fourth-order valence-electron chi connectivity index (χ4n) is 1.05. The lowest BCUT2D eigenvalue weighted by Gasteiger charge is -1.88. The van der Waals surface area contributed by atoms with Crippen molar-refractivity contribution in [3.8, 4) is 0 Å². The minimum atomic E-state index is 0.436. The molecule has 2 rings (SSSR count). The molecular formula is C8H7NOS. The van der Waals surface area contributed by atoms with Crippen LogP contribution in [0.1, 0.15) is 5.56 Å². The predicted molar refractivity (Wildman–Crippen MR) is 46.1 cm³/mol. The summed E-state index contributed by atoms with van der Waals surface area (Å²) in [6.45, 7) is 2.02. The van der Waals surface area contributed by atoms with Gasteiger partial charge in [0.05, 0.1) is 5.52 Å². The van der Waals surface area contributed by atoms with E-state index in [4.69, 9.17) is 16.6 Å². The highest BCUT2D eigenvalue weighted by atomic mass is 32.1. The molecular weight excluding hydrogens is 158 g/mol. The molecule has 0 bridgehead atoms. The molecule has 1 aromatic heterocycles. The third kappa shape index (κ3) is 1.07. The van der Waals surface area contributed by atoms with Crippen molar-refractivity contribution < 1.29 is 4.42 Å². The number of fused-ring (bicyclic) bond motifs is 1. The van der Waals surface area contributed by atoms with Gasteiger partial charge in [-0.05, 0) is 36.8 Å². The van der Waals surface area contributed by atoms with Crippen molar-refractivity contribution in [3.05, 3.63) is 28.6 Å². The molecule has 56 valence electrons. The minimum Gasteiger partial charge on any atom is -0.429 e. The minimum absolute atomic E-state index is 0.436. The quantitative estimate of drug-likeness (QED) is 0.608. The Kier molecular flexibility index (Phi) is 1.32. The zero-order valence-electron chi connectivity index (χ0n) is 6.05. The van der Waals surface area contributed by atoms with Gasteiger partial charge in [0.2, 0.25) is 0 Å². The van der Waals surface area contributed by atoms with Crippen LogP contribution < -0.4 is 0 Å². The molecule has 1 aromatic carbocycles. The van der Waals surface area contributed by atoms with E-state index in [9.17, 15) is 0 Å². The monoisotopic (exact) mass is 165 g/mol. The highest BCUT2D eigenvalue weighted by Gasteiger charge is 1.96. The van der Waals surface area contributed by atoms with Gasteiger partial charge >= 0.3 is 0 Å². The zero-order valence-corrected chi connectivity index (χ0v) is 6.87. The van der Waals surface area contributed by atoms with Gasteiger partial charge in [0, 0.05) is 0 Å². The number of aromatic amines is 1. The Bertz CT molecular complexity index is 441. The fourth-order valence-corrected chi connectivity index (χ4v) is 1.25. The van der Waals surface area contributed by atoms with Gasteiger partial charge in [-0.2, -0.15) is 0 Å². The van der Waals surface area contributed by atoms with Gasteiger partial charge in [0.1, 0.15) is 0 Å². The molecule has 0 unspecified atom stereocenters. The third-order valence-electron chi connectivity index (χ3n) is 1.58. The Morgan fingerprint density at radius 3 is 3.09 bits per heavy atom. The van der Waals surface area contributed by atoms with Crippen LogP contribution >= 0.6 is 12.2 Å². The number of rotatable bonds is 0. The van der Waals surface area contributed by atoms with Gasteiger partial charge in [-0.3, -0.25) is 0 Å². The lowest BCUT2D eigenvalue weighted by Crippen LogP contribution is -1.69. The predicted octanol–water partition coefficient (Wildman–Crippen LogP) is 2.80. The van der Waals surface area contributed by atoms with Crippen LogP contribution in [-0.2, 0) is 0 Å². The first-order valence-electron chi connectivity index (χ1n) is 3.35. The Balaban J connectivity index is 2.92. The Morgan fingerprint density at radius 2 is 2.27 bits per heavy atom. The van der Waals surface area contributed by atoms with Gasteiger partial charge in [-0.15, -0.1) is 0 Å². The van der Waals surface area contributed by atoms with Gasteiger partial charge < -0.3 is 9.40 Å².